The van der Waals surface area contributed by atoms with Crippen LogP contribution in [0.4, 0.5) is 4.39 Å². The number of benzene rings is 1. The number of hydrogen-bond donors (Lipinski definition) is 0. The molecular formula is C13H13BrFNO. The molecule has 1 saturated carbocycles. The average Bonchev–Trinajstić information content (AvgIpc) is 2.94. The maximum Gasteiger partial charge on any atom is 0.255 e. The Kier molecular flexibility index (Phi) is 2.69. The van der Waals surface area contributed by atoms with E-state index in [1.165, 1.54) is 12.5 Å². The van der Waals surface area contributed by atoms with Crippen LogP contribution in [-0.2, 0) is 0 Å². The number of likely N-dealkylation sites (tertiary alicyclic amines) is 1. The number of rotatable bonds is 1. The lowest BCUT2D eigenvalue weighted by Crippen LogP contribution is -2.37. The first kappa shape index (κ1) is 11.2. The third-order valence-electron chi connectivity index (χ3n) is 3.85. The lowest BCUT2D eigenvalue weighted by molar-refractivity contribution is 0.0702. The Morgan fingerprint density at radius 1 is 1.41 bits per heavy atom. The number of nitrogens with zero attached hydrogens (tertiary/aromatic N) is 1. The molecule has 1 saturated heterocycles. The van der Waals surface area contributed by atoms with Crippen molar-refractivity contribution in [1.29, 1.82) is 0 Å². The minimum Gasteiger partial charge on any atom is -0.335 e. The van der Waals surface area contributed by atoms with E-state index in [1.54, 1.807) is 12.1 Å². The number of piperidine rings is 1. The molecule has 1 aliphatic heterocycles. The molecule has 90 valence electrons. The second kappa shape index (κ2) is 4.09. The summed E-state index contributed by atoms with van der Waals surface area (Å²) >= 11 is 3.16. The molecule has 3 rings (SSSR count). The summed E-state index contributed by atoms with van der Waals surface area (Å²) in [5.74, 6) is 0.250. The van der Waals surface area contributed by atoms with Crippen molar-refractivity contribution in [3.05, 3.63) is 34.1 Å². The number of carbonyl (C=O) groups is 1. The van der Waals surface area contributed by atoms with Gasteiger partial charge < -0.3 is 4.90 Å². The average molecular weight is 298 g/mol. The van der Waals surface area contributed by atoms with E-state index in [-0.39, 0.29) is 16.2 Å². The lowest BCUT2D eigenvalue weighted by atomic mass is 10.1. The van der Waals surface area contributed by atoms with Gasteiger partial charge in [0, 0.05) is 12.6 Å². The Bertz CT molecular complexity index is 476. The zero-order valence-electron chi connectivity index (χ0n) is 9.33. The lowest BCUT2D eigenvalue weighted by Gasteiger charge is -2.27. The fraction of sp³-hybridized carbons (Fsp3) is 0.462. The maximum atomic E-state index is 13.4. The van der Waals surface area contributed by atoms with Crippen molar-refractivity contribution in [2.45, 2.75) is 25.3 Å². The number of carbonyl (C=O) groups excluding carboxylic acids is 1. The van der Waals surface area contributed by atoms with E-state index in [1.807, 2.05) is 4.90 Å². The zero-order chi connectivity index (χ0) is 12.0. The molecular weight excluding hydrogens is 285 g/mol. The Morgan fingerprint density at radius 3 is 2.88 bits per heavy atom. The van der Waals surface area contributed by atoms with Crippen LogP contribution in [0.15, 0.2) is 22.7 Å². The van der Waals surface area contributed by atoms with Crippen LogP contribution in [0.5, 0.6) is 0 Å². The summed E-state index contributed by atoms with van der Waals surface area (Å²) in [4.78, 5) is 14.2. The van der Waals surface area contributed by atoms with Crippen molar-refractivity contribution >= 4 is 21.8 Å². The zero-order valence-corrected chi connectivity index (χ0v) is 10.9. The van der Waals surface area contributed by atoms with Crippen LogP contribution in [0.1, 0.15) is 29.6 Å². The molecule has 2 aliphatic rings. The topological polar surface area (TPSA) is 20.3 Å². The van der Waals surface area contributed by atoms with Crippen molar-refractivity contribution in [2.24, 2.45) is 5.92 Å². The van der Waals surface area contributed by atoms with E-state index in [2.05, 4.69) is 15.9 Å². The van der Waals surface area contributed by atoms with Gasteiger partial charge in [-0.05, 0) is 53.2 Å². The van der Waals surface area contributed by atoms with Crippen LogP contribution in [0.3, 0.4) is 0 Å². The Labute approximate surface area is 108 Å². The summed E-state index contributed by atoms with van der Waals surface area (Å²) in [5.41, 5.74) is 0.442. The Morgan fingerprint density at radius 2 is 2.24 bits per heavy atom. The molecule has 1 aromatic carbocycles. The van der Waals surface area contributed by atoms with Crippen LogP contribution in [-0.4, -0.2) is 23.4 Å². The van der Waals surface area contributed by atoms with Gasteiger partial charge >= 0.3 is 0 Å². The molecule has 2 fully saturated rings. The second-order valence-electron chi connectivity index (χ2n) is 4.89. The van der Waals surface area contributed by atoms with Crippen molar-refractivity contribution in [2.75, 3.05) is 6.54 Å². The quantitative estimate of drug-likeness (QED) is 0.779. The van der Waals surface area contributed by atoms with Crippen molar-refractivity contribution in [3.8, 4) is 0 Å². The summed E-state index contributed by atoms with van der Waals surface area (Å²) in [7, 11) is 0. The molecule has 1 amide bonds. The van der Waals surface area contributed by atoms with E-state index >= 15 is 0 Å². The van der Waals surface area contributed by atoms with Crippen LogP contribution >= 0.6 is 15.9 Å². The highest BCUT2D eigenvalue weighted by Crippen LogP contribution is 2.38. The largest absolute Gasteiger partial charge is 0.335 e. The fourth-order valence-corrected chi connectivity index (χ4v) is 3.43. The van der Waals surface area contributed by atoms with Gasteiger partial charge in [-0.15, -0.1) is 0 Å². The number of amides is 1. The van der Waals surface area contributed by atoms with Crippen molar-refractivity contribution in [1.82, 2.24) is 4.90 Å². The van der Waals surface area contributed by atoms with Gasteiger partial charge in [0.2, 0.25) is 0 Å². The van der Waals surface area contributed by atoms with E-state index in [4.69, 9.17) is 0 Å². The molecule has 2 bridgehead atoms. The monoisotopic (exact) mass is 297 g/mol. The molecule has 17 heavy (non-hydrogen) atoms. The van der Waals surface area contributed by atoms with Gasteiger partial charge in [-0.25, -0.2) is 4.39 Å². The summed E-state index contributed by atoms with van der Waals surface area (Å²) < 4.78 is 13.7. The van der Waals surface area contributed by atoms with E-state index < -0.39 is 0 Å². The fourth-order valence-electron chi connectivity index (χ4n) is 3.00. The molecule has 1 heterocycles. The predicted molar refractivity (Wildman–Crippen MR) is 66.3 cm³/mol. The van der Waals surface area contributed by atoms with Gasteiger partial charge in [0.15, 0.2) is 0 Å². The molecule has 2 atom stereocenters. The van der Waals surface area contributed by atoms with Gasteiger partial charge in [-0.2, -0.15) is 0 Å². The third-order valence-corrected chi connectivity index (χ3v) is 4.66. The molecule has 0 aromatic heterocycles. The molecule has 1 aliphatic carbocycles. The highest BCUT2D eigenvalue weighted by Gasteiger charge is 2.40. The minimum atomic E-state index is -0.375. The SMILES string of the molecule is O=C(c1cccc(F)c1Br)N1CC2CCC1C2. The summed E-state index contributed by atoms with van der Waals surface area (Å²) in [6, 6.07) is 5.00. The van der Waals surface area contributed by atoms with E-state index in [9.17, 15) is 9.18 Å². The van der Waals surface area contributed by atoms with Crippen molar-refractivity contribution in [3.63, 3.8) is 0 Å². The predicted octanol–water partition coefficient (Wildman–Crippen LogP) is 3.21. The Hall–Kier alpha value is -0.900. The van der Waals surface area contributed by atoms with E-state index in [0.717, 1.165) is 19.4 Å². The third kappa shape index (κ3) is 1.79. The number of fused-ring (bicyclic) bond motifs is 2. The van der Waals surface area contributed by atoms with Gasteiger partial charge in [0.25, 0.3) is 5.91 Å². The normalized spacial score (nSPS) is 26.6. The first-order chi connectivity index (χ1) is 8.16. The molecule has 0 radical (unpaired) electrons. The van der Waals surface area contributed by atoms with Crippen molar-refractivity contribution < 1.29 is 9.18 Å². The Balaban J connectivity index is 1.89. The summed E-state index contributed by atoms with van der Waals surface area (Å²) in [6.07, 6.45) is 3.46. The second-order valence-corrected chi connectivity index (χ2v) is 5.68. The van der Waals surface area contributed by atoms with Gasteiger partial charge in [0.1, 0.15) is 5.82 Å². The van der Waals surface area contributed by atoms with Crippen LogP contribution in [0.2, 0.25) is 0 Å². The molecule has 4 heteroatoms. The van der Waals surface area contributed by atoms with Gasteiger partial charge in [0.05, 0.1) is 10.0 Å². The molecule has 1 aromatic rings. The van der Waals surface area contributed by atoms with E-state index in [0.29, 0.717) is 17.5 Å². The molecule has 2 nitrogen and oxygen atoms in total. The van der Waals surface area contributed by atoms with Crippen LogP contribution in [0.25, 0.3) is 0 Å². The summed E-state index contributed by atoms with van der Waals surface area (Å²) in [5, 5.41) is 0. The molecule has 2 unspecified atom stereocenters. The van der Waals surface area contributed by atoms with Crippen LogP contribution in [0, 0.1) is 11.7 Å². The summed E-state index contributed by atoms with van der Waals surface area (Å²) in [6.45, 7) is 0.840. The number of halogens is 2. The van der Waals surface area contributed by atoms with Gasteiger partial charge in [-0.3, -0.25) is 4.79 Å². The highest BCUT2D eigenvalue weighted by molar-refractivity contribution is 9.10. The molecule has 0 spiro atoms. The number of hydrogen-bond acceptors (Lipinski definition) is 1. The first-order valence-corrected chi connectivity index (χ1v) is 6.71. The first-order valence-electron chi connectivity index (χ1n) is 5.92. The van der Waals surface area contributed by atoms with Crippen LogP contribution < -0.4 is 0 Å². The molecule has 0 N–H and O–H groups in total. The smallest absolute Gasteiger partial charge is 0.255 e. The minimum absolute atomic E-state index is 0.0384. The van der Waals surface area contributed by atoms with Gasteiger partial charge in [-0.1, -0.05) is 6.07 Å². The standard InChI is InChI=1S/C13H13BrFNO/c14-12-10(2-1-3-11(12)15)13(17)16-7-8-4-5-9(16)6-8/h1-3,8-9H,4-7H2. The highest BCUT2D eigenvalue weighted by atomic mass is 79.9. The maximum absolute atomic E-state index is 13.4.